The summed E-state index contributed by atoms with van der Waals surface area (Å²) in [6.45, 7) is 3.21. The molecule has 170 valence electrons. The molecule has 0 spiro atoms. The number of amides is 1. The molecule has 10 nitrogen and oxygen atoms in total. The number of hydrogen-bond acceptors (Lipinski definition) is 5. The van der Waals surface area contributed by atoms with Gasteiger partial charge in [0.15, 0.2) is 16.9 Å². The summed E-state index contributed by atoms with van der Waals surface area (Å²) in [5, 5.41) is -0.0807. The van der Waals surface area contributed by atoms with Crippen molar-refractivity contribution >= 4 is 34.5 Å². The third-order valence-electron chi connectivity index (χ3n) is 5.58. The van der Waals surface area contributed by atoms with E-state index in [1.54, 1.807) is 48.9 Å². The first-order valence-corrected chi connectivity index (χ1v) is 10.4. The molecule has 4 rings (SSSR count). The standard InChI is InChI=1S/C22H21ClN6O4/c1-12-10-15(13(2)29(12)25-19(31)14-8-6-5-7-9-14)16(30)11-28-17-18(24-21(28)23)26(3)22(33)27(4)20(17)32/h5-10H,11H2,1-4H3,(H,25,31). The lowest BCUT2D eigenvalue weighted by Gasteiger charge is -2.12. The molecular weight excluding hydrogens is 448 g/mol. The van der Waals surface area contributed by atoms with Gasteiger partial charge in [0, 0.05) is 36.6 Å². The maximum atomic E-state index is 13.2. The van der Waals surface area contributed by atoms with Gasteiger partial charge in [-0.25, -0.2) is 4.79 Å². The number of aromatic nitrogens is 5. The first kappa shape index (κ1) is 22.3. The van der Waals surface area contributed by atoms with Crippen LogP contribution in [0.15, 0.2) is 46.0 Å². The monoisotopic (exact) mass is 468 g/mol. The first-order chi connectivity index (χ1) is 15.6. The lowest BCUT2D eigenvalue weighted by Crippen LogP contribution is -2.37. The summed E-state index contributed by atoms with van der Waals surface area (Å²) in [4.78, 5) is 54.7. The highest BCUT2D eigenvalue weighted by Crippen LogP contribution is 2.20. The number of fused-ring (bicyclic) bond motifs is 1. The number of halogens is 1. The molecule has 0 saturated carbocycles. The van der Waals surface area contributed by atoms with Crippen molar-refractivity contribution in [1.29, 1.82) is 0 Å². The number of ketones is 1. The van der Waals surface area contributed by atoms with Gasteiger partial charge in [0.05, 0.1) is 6.54 Å². The van der Waals surface area contributed by atoms with Gasteiger partial charge in [-0.05, 0) is 43.6 Å². The van der Waals surface area contributed by atoms with Crippen molar-refractivity contribution in [3.63, 3.8) is 0 Å². The molecule has 3 heterocycles. The van der Waals surface area contributed by atoms with Crippen molar-refractivity contribution in [2.24, 2.45) is 14.1 Å². The average molecular weight is 469 g/mol. The largest absolute Gasteiger partial charge is 0.332 e. The number of Topliss-reactive ketones (excluding diaryl/α,β-unsaturated/α-hetero) is 1. The van der Waals surface area contributed by atoms with Crippen LogP contribution in [-0.4, -0.2) is 35.1 Å². The molecule has 33 heavy (non-hydrogen) atoms. The van der Waals surface area contributed by atoms with Crippen molar-refractivity contribution in [1.82, 2.24) is 23.4 Å². The Hall–Kier alpha value is -3.92. The molecule has 11 heteroatoms. The van der Waals surface area contributed by atoms with Crippen LogP contribution in [-0.2, 0) is 20.6 Å². The summed E-state index contributed by atoms with van der Waals surface area (Å²) in [6, 6.07) is 10.4. The molecular formula is C22H21ClN6O4. The zero-order chi connectivity index (χ0) is 24.0. The Kier molecular flexibility index (Phi) is 5.54. The second kappa shape index (κ2) is 8.21. The van der Waals surface area contributed by atoms with Crippen LogP contribution in [0.3, 0.4) is 0 Å². The Morgan fingerprint density at radius 1 is 1.06 bits per heavy atom. The fourth-order valence-corrected chi connectivity index (χ4v) is 3.99. The maximum absolute atomic E-state index is 13.2. The number of hydrogen-bond donors (Lipinski definition) is 1. The summed E-state index contributed by atoms with van der Waals surface area (Å²) in [7, 11) is 2.82. The molecule has 1 amide bonds. The number of rotatable bonds is 5. The van der Waals surface area contributed by atoms with Crippen LogP contribution in [0.25, 0.3) is 11.2 Å². The molecule has 0 aliphatic rings. The van der Waals surface area contributed by atoms with E-state index in [9.17, 15) is 19.2 Å². The predicted molar refractivity (Wildman–Crippen MR) is 124 cm³/mol. The number of benzene rings is 1. The highest BCUT2D eigenvalue weighted by atomic mass is 35.5. The van der Waals surface area contributed by atoms with Gasteiger partial charge in [0.1, 0.15) is 0 Å². The van der Waals surface area contributed by atoms with Crippen molar-refractivity contribution in [3.8, 4) is 0 Å². The minimum absolute atomic E-state index is 0.0594. The van der Waals surface area contributed by atoms with Crippen LogP contribution in [0, 0.1) is 13.8 Å². The summed E-state index contributed by atoms with van der Waals surface area (Å²) in [6.07, 6.45) is 0. The lowest BCUT2D eigenvalue weighted by molar-refractivity contribution is 0.0969. The van der Waals surface area contributed by atoms with Crippen molar-refractivity contribution in [2.45, 2.75) is 20.4 Å². The second-order valence-corrected chi connectivity index (χ2v) is 8.03. The smallest absolute Gasteiger partial charge is 0.301 e. The third-order valence-corrected chi connectivity index (χ3v) is 5.87. The van der Waals surface area contributed by atoms with Crippen LogP contribution in [0.4, 0.5) is 0 Å². The van der Waals surface area contributed by atoms with Gasteiger partial charge in [0.25, 0.3) is 11.5 Å². The molecule has 0 aliphatic heterocycles. The van der Waals surface area contributed by atoms with E-state index in [0.29, 0.717) is 22.5 Å². The Morgan fingerprint density at radius 3 is 2.39 bits per heavy atom. The molecule has 0 aliphatic carbocycles. The van der Waals surface area contributed by atoms with Crippen molar-refractivity contribution in [3.05, 3.63) is 85.0 Å². The molecule has 3 aromatic heterocycles. The SMILES string of the molecule is Cc1cc(C(=O)Cn2c(Cl)nc3c2c(=O)n(C)c(=O)n3C)c(C)n1NC(=O)c1ccccc1. The van der Waals surface area contributed by atoms with Crippen molar-refractivity contribution in [2.75, 3.05) is 5.43 Å². The van der Waals surface area contributed by atoms with Gasteiger partial charge >= 0.3 is 5.69 Å². The third kappa shape index (κ3) is 3.68. The van der Waals surface area contributed by atoms with Crippen LogP contribution >= 0.6 is 11.6 Å². The molecule has 1 N–H and O–H groups in total. The predicted octanol–water partition coefficient (Wildman–Crippen LogP) is 1.77. The topological polar surface area (TPSA) is 113 Å². The molecule has 0 radical (unpaired) electrons. The number of aryl methyl sites for hydroxylation is 2. The van der Waals surface area contributed by atoms with Crippen LogP contribution in [0.5, 0.6) is 0 Å². The fraction of sp³-hybridized carbons (Fsp3) is 0.227. The van der Waals surface area contributed by atoms with Gasteiger partial charge in [-0.3, -0.25) is 33.6 Å². The summed E-state index contributed by atoms with van der Waals surface area (Å²) >= 11 is 6.23. The molecule has 0 fully saturated rings. The van der Waals surface area contributed by atoms with E-state index in [4.69, 9.17) is 11.6 Å². The van der Waals surface area contributed by atoms with Crippen molar-refractivity contribution < 1.29 is 9.59 Å². The second-order valence-electron chi connectivity index (χ2n) is 7.70. The van der Waals surface area contributed by atoms with Gasteiger partial charge in [0.2, 0.25) is 5.28 Å². The summed E-state index contributed by atoms with van der Waals surface area (Å²) < 4.78 is 4.97. The van der Waals surface area contributed by atoms with E-state index in [-0.39, 0.29) is 34.7 Å². The highest BCUT2D eigenvalue weighted by molar-refractivity contribution is 6.29. The molecule has 0 unspecified atom stereocenters. The number of nitrogens with zero attached hydrogens (tertiary/aromatic N) is 5. The molecule has 0 atom stereocenters. The average Bonchev–Trinajstić information content (AvgIpc) is 3.28. The van der Waals surface area contributed by atoms with Gasteiger partial charge in [-0.15, -0.1) is 0 Å². The van der Waals surface area contributed by atoms with Crippen LogP contribution in [0.1, 0.15) is 32.1 Å². The van der Waals surface area contributed by atoms with E-state index >= 15 is 0 Å². The maximum Gasteiger partial charge on any atom is 0.332 e. The minimum Gasteiger partial charge on any atom is -0.301 e. The number of imidazole rings is 1. The Bertz CT molecular complexity index is 1540. The first-order valence-electron chi connectivity index (χ1n) is 10.0. The number of nitrogens with one attached hydrogen (secondary N) is 1. The molecule has 1 aromatic carbocycles. The van der Waals surface area contributed by atoms with Gasteiger partial charge in [-0.1, -0.05) is 18.2 Å². The van der Waals surface area contributed by atoms with Gasteiger partial charge in [-0.2, -0.15) is 4.98 Å². The van der Waals surface area contributed by atoms with E-state index < -0.39 is 11.2 Å². The molecule has 0 saturated heterocycles. The van der Waals surface area contributed by atoms with E-state index in [2.05, 4.69) is 10.4 Å². The molecule has 0 bridgehead atoms. The summed E-state index contributed by atoms with van der Waals surface area (Å²) in [5.41, 5.74) is 3.83. The van der Waals surface area contributed by atoms with E-state index in [0.717, 1.165) is 4.57 Å². The Balaban J connectivity index is 1.70. The zero-order valence-corrected chi connectivity index (χ0v) is 19.2. The van der Waals surface area contributed by atoms with E-state index in [1.807, 2.05) is 6.07 Å². The minimum atomic E-state index is -0.596. The van der Waals surface area contributed by atoms with Crippen LogP contribution in [0.2, 0.25) is 5.28 Å². The Labute approximate surface area is 192 Å². The Morgan fingerprint density at radius 2 is 1.73 bits per heavy atom. The highest BCUT2D eigenvalue weighted by Gasteiger charge is 2.23. The van der Waals surface area contributed by atoms with Crippen LogP contribution < -0.4 is 16.7 Å². The fourth-order valence-electron chi connectivity index (χ4n) is 3.77. The van der Waals surface area contributed by atoms with E-state index in [1.165, 1.54) is 23.2 Å². The quantitative estimate of drug-likeness (QED) is 0.354. The number of carbonyl (C=O) groups is 2. The normalized spacial score (nSPS) is 11.2. The summed E-state index contributed by atoms with van der Waals surface area (Å²) in [5.74, 6) is -0.648. The van der Waals surface area contributed by atoms with Gasteiger partial charge < -0.3 is 4.57 Å². The zero-order valence-electron chi connectivity index (χ0n) is 18.4. The number of carbonyl (C=O) groups excluding carboxylic acids is 2. The lowest BCUT2D eigenvalue weighted by atomic mass is 10.1. The molecule has 4 aromatic rings.